The van der Waals surface area contributed by atoms with Gasteiger partial charge in [-0.15, -0.1) is 0 Å². The van der Waals surface area contributed by atoms with Crippen molar-refractivity contribution in [2.75, 3.05) is 31.1 Å². The zero-order chi connectivity index (χ0) is 22.2. The van der Waals surface area contributed by atoms with Gasteiger partial charge in [-0.3, -0.25) is 25.1 Å². The summed E-state index contributed by atoms with van der Waals surface area (Å²) in [5.41, 5.74) is -1.66. The van der Waals surface area contributed by atoms with E-state index in [0.29, 0.717) is 24.3 Å². The molecule has 162 valence electrons. The summed E-state index contributed by atoms with van der Waals surface area (Å²) in [7, 11) is 0. The van der Waals surface area contributed by atoms with Crippen molar-refractivity contribution in [3.05, 3.63) is 65.7 Å². The van der Waals surface area contributed by atoms with Crippen LogP contribution in [0.5, 0.6) is 0 Å². The van der Waals surface area contributed by atoms with Gasteiger partial charge in [0.15, 0.2) is 0 Å². The molecule has 0 aliphatic carbocycles. The standard InChI is InChI=1S/C21H19F3N4O3/c22-21(23,24)15-7-4-8-16(13-15)27-9-11-28(12-10-27)20(14-5-2-1-3-6-14)17(29)25-19(31)26-18(20)30/h1-8,13H,9-12H2,(H2,25,26,29,30,31). The van der Waals surface area contributed by atoms with Crippen LogP contribution in [0.2, 0.25) is 0 Å². The summed E-state index contributed by atoms with van der Waals surface area (Å²) >= 11 is 0. The molecule has 0 atom stereocenters. The van der Waals surface area contributed by atoms with E-state index in [1.54, 1.807) is 46.2 Å². The molecule has 4 rings (SSSR count). The van der Waals surface area contributed by atoms with Gasteiger partial charge in [-0.25, -0.2) is 4.79 Å². The number of piperazine rings is 1. The summed E-state index contributed by atoms with van der Waals surface area (Å²) < 4.78 is 39.2. The summed E-state index contributed by atoms with van der Waals surface area (Å²) in [6, 6.07) is 12.5. The van der Waals surface area contributed by atoms with Crippen LogP contribution in [0.15, 0.2) is 54.6 Å². The Bertz CT molecular complexity index is 998. The second-order valence-corrected chi connectivity index (χ2v) is 7.34. The number of nitrogens with one attached hydrogen (secondary N) is 2. The fourth-order valence-corrected chi connectivity index (χ4v) is 4.11. The van der Waals surface area contributed by atoms with Crippen LogP contribution in [-0.4, -0.2) is 48.9 Å². The molecular weight excluding hydrogens is 413 g/mol. The molecule has 2 saturated heterocycles. The summed E-state index contributed by atoms with van der Waals surface area (Å²) in [6.45, 7) is 1.04. The predicted octanol–water partition coefficient (Wildman–Crippen LogP) is 2.09. The number of anilines is 1. The van der Waals surface area contributed by atoms with E-state index in [1.165, 1.54) is 6.07 Å². The molecule has 10 heteroatoms. The van der Waals surface area contributed by atoms with E-state index in [-0.39, 0.29) is 13.1 Å². The van der Waals surface area contributed by atoms with Gasteiger partial charge in [-0.05, 0) is 23.8 Å². The molecule has 2 heterocycles. The van der Waals surface area contributed by atoms with Crippen molar-refractivity contribution < 1.29 is 27.6 Å². The third-order valence-corrected chi connectivity index (χ3v) is 5.60. The Morgan fingerprint density at radius 1 is 0.806 bits per heavy atom. The lowest BCUT2D eigenvalue weighted by Gasteiger charge is -2.47. The Balaban J connectivity index is 1.62. The molecule has 2 aliphatic rings. The maximum absolute atomic E-state index is 13.1. The average molecular weight is 432 g/mol. The number of hydrogen-bond acceptors (Lipinski definition) is 5. The van der Waals surface area contributed by atoms with Gasteiger partial charge in [0, 0.05) is 31.9 Å². The van der Waals surface area contributed by atoms with Crippen molar-refractivity contribution in [2.45, 2.75) is 11.7 Å². The number of carbonyl (C=O) groups excluding carboxylic acids is 3. The average Bonchev–Trinajstić information content (AvgIpc) is 2.74. The van der Waals surface area contributed by atoms with Gasteiger partial charge < -0.3 is 4.90 Å². The molecule has 2 aromatic rings. The van der Waals surface area contributed by atoms with Gasteiger partial charge in [-0.1, -0.05) is 36.4 Å². The minimum atomic E-state index is -4.44. The maximum atomic E-state index is 13.1. The molecule has 2 aliphatic heterocycles. The van der Waals surface area contributed by atoms with Crippen LogP contribution in [0, 0.1) is 0 Å². The minimum Gasteiger partial charge on any atom is -0.369 e. The van der Waals surface area contributed by atoms with E-state index >= 15 is 0 Å². The molecule has 7 nitrogen and oxygen atoms in total. The van der Waals surface area contributed by atoms with Gasteiger partial charge >= 0.3 is 12.2 Å². The van der Waals surface area contributed by atoms with E-state index in [9.17, 15) is 27.6 Å². The van der Waals surface area contributed by atoms with Gasteiger partial charge in [0.1, 0.15) is 0 Å². The Morgan fingerprint density at radius 2 is 1.42 bits per heavy atom. The number of imide groups is 2. The van der Waals surface area contributed by atoms with Crippen molar-refractivity contribution in [3.8, 4) is 0 Å². The third-order valence-electron chi connectivity index (χ3n) is 5.60. The van der Waals surface area contributed by atoms with Gasteiger partial charge in [0.05, 0.1) is 5.56 Å². The fraction of sp³-hybridized carbons (Fsp3) is 0.286. The highest BCUT2D eigenvalue weighted by molar-refractivity contribution is 6.22. The summed E-state index contributed by atoms with van der Waals surface area (Å²) in [6.07, 6.45) is -4.44. The molecular formula is C21H19F3N4O3. The van der Waals surface area contributed by atoms with Crippen molar-refractivity contribution in [3.63, 3.8) is 0 Å². The van der Waals surface area contributed by atoms with E-state index in [2.05, 4.69) is 10.6 Å². The zero-order valence-electron chi connectivity index (χ0n) is 16.3. The number of urea groups is 1. The minimum absolute atomic E-state index is 0.222. The highest BCUT2D eigenvalue weighted by atomic mass is 19.4. The number of carbonyl (C=O) groups is 3. The first-order chi connectivity index (χ1) is 14.7. The van der Waals surface area contributed by atoms with Crippen LogP contribution >= 0.6 is 0 Å². The number of halogens is 3. The first-order valence-corrected chi connectivity index (χ1v) is 9.62. The number of rotatable bonds is 3. The van der Waals surface area contributed by atoms with Crippen LogP contribution in [0.1, 0.15) is 11.1 Å². The summed E-state index contributed by atoms with van der Waals surface area (Å²) in [4.78, 5) is 41.0. The van der Waals surface area contributed by atoms with Crippen LogP contribution in [0.25, 0.3) is 0 Å². The van der Waals surface area contributed by atoms with Crippen molar-refractivity contribution >= 4 is 23.5 Å². The lowest BCUT2D eigenvalue weighted by Crippen LogP contribution is -2.73. The van der Waals surface area contributed by atoms with E-state index in [0.717, 1.165) is 12.1 Å². The number of hydrogen-bond donors (Lipinski definition) is 2. The summed E-state index contributed by atoms with van der Waals surface area (Å²) in [5.74, 6) is -1.50. The lowest BCUT2D eigenvalue weighted by molar-refractivity contribution is -0.149. The highest BCUT2D eigenvalue weighted by Crippen LogP contribution is 2.35. The maximum Gasteiger partial charge on any atom is 0.416 e. The monoisotopic (exact) mass is 432 g/mol. The Hall–Kier alpha value is -3.40. The Labute approximate surface area is 175 Å². The fourth-order valence-electron chi connectivity index (χ4n) is 4.11. The van der Waals surface area contributed by atoms with Gasteiger partial charge in [0.2, 0.25) is 5.54 Å². The van der Waals surface area contributed by atoms with E-state index in [1.807, 2.05) is 0 Å². The number of barbiturate groups is 1. The molecule has 0 aromatic heterocycles. The molecule has 2 aromatic carbocycles. The van der Waals surface area contributed by atoms with Crippen molar-refractivity contribution in [1.82, 2.24) is 15.5 Å². The third kappa shape index (κ3) is 3.63. The quantitative estimate of drug-likeness (QED) is 0.726. The number of benzene rings is 2. The first-order valence-electron chi connectivity index (χ1n) is 9.62. The van der Waals surface area contributed by atoms with E-state index in [4.69, 9.17) is 0 Å². The van der Waals surface area contributed by atoms with Gasteiger partial charge in [-0.2, -0.15) is 13.2 Å². The molecule has 0 radical (unpaired) electrons. The normalized spacial score (nSPS) is 19.7. The molecule has 0 bridgehead atoms. The smallest absolute Gasteiger partial charge is 0.369 e. The Morgan fingerprint density at radius 3 is 2.00 bits per heavy atom. The second kappa shape index (κ2) is 7.69. The number of alkyl halides is 3. The first kappa shape index (κ1) is 20.9. The zero-order valence-corrected chi connectivity index (χ0v) is 16.3. The van der Waals surface area contributed by atoms with Crippen LogP contribution in [-0.2, 0) is 21.3 Å². The molecule has 2 N–H and O–H groups in total. The Kier molecular flexibility index (Phi) is 5.18. The molecule has 0 spiro atoms. The summed E-state index contributed by atoms with van der Waals surface area (Å²) in [5, 5.41) is 4.35. The molecule has 2 fully saturated rings. The van der Waals surface area contributed by atoms with Crippen LogP contribution in [0.4, 0.5) is 23.7 Å². The molecule has 0 unspecified atom stereocenters. The second-order valence-electron chi connectivity index (χ2n) is 7.34. The SMILES string of the molecule is O=C1NC(=O)C(c2ccccc2)(N2CCN(c3cccc(C(F)(F)F)c3)CC2)C(=O)N1. The topological polar surface area (TPSA) is 81.8 Å². The van der Waals surface area contributed by atoms with Crippen molar-refractivity contribution in [1.29, 1.82) is 0 Å². The number of amides is 4. The van der Waals surface area contributed by atoms with Crippen molar-refractivity contribution in [2.24, 2.45) is 0 Å². The molecule has 4 amide bonds. The molecule has 0 saturated carbocycles. The van der Waals surface area contributed by atoms with Gasteiger partial charge in [0.25, 0.3) is 11.8 Å². The lowest BCUT2D eigenvalue weighted by atomic mass is 9.84. The highest BCUT2D eigenvalue weighted by Gasteiger charge is 2.56. The van der Waals surface area contributed by atoms with Crippen LogP contribution in [0.3, 0.4) is 0 Å². The predicted molar refractivity (Wildman–Crippen MR) is 105 cm³/mol. The van der Waals surface area contributed by atoms with E-state index < -0.39 is 35.1 Å². The largest absolute Gasteiger partial charge is 0.416 e. The van der Waals surface area contributed by atoms with Crippen LogP contribution < -0.4 is 15.5 Å². The molecule has 31 heavy (non-hydrogen) atoms. The number of nitrogens with zero attached hydrogens (tertiary/aromatic N) is 2.